The number of piperazine rings is 1. The predicted molar refractivity (Wildman–Crippen MR) is 87.5 cm³/mol. The maximum Gasteiger partial charge on any atom is 0.237 e. The van der Waals surface area contributed by atoms with E-state index in [2.05, 4.69) is 22.0 Å². The van der Waals surface area contributed by atoms with Crippen LogP contribution in [0.25, 0.3) is 0 Å². The Hall–Kier alpha value is -1.62. The molecule has 1 aromatic rings. The van der Waals surface area contributed by atoms with Crippen LogP contribution in [0.1, 0.15) is 27.2 Å². The van der Waals surface area contributed by atoms with Gasteiger partial charge in [0, 0.05) is 37.9 Å². The van der Waals surface area contributed by atoms with Gasteiger partial charge in [0.15, 0.2) is 0 Å². The number of rotatable bonds is 5. The number of halogens is 1. The second-order valence-electron chi connectivity index (χ2n) is 5.99. The zero-order valence-electron chi connectivity index (χ0n) is 13.7. The third-order valence-corrected chi connectivity index (χ3v) is 4.43. The van der Waals surface area contributed by atoms with Gasteiger partial charge >= 0.3 is 0 Å². The lowest BCUT2D eigenvalue weighted by Gasteiger charge is -2.38. The molecule has 122 valence electrons. The third-order valence-electron chi connectivity index (χ3n) is 4.43. The highest BCUT2D eigenvalue weighted by molar-refractivity contribution is 5.81. The molecule has 0 aromatic heterocycles. The molecule has 2 rings (SSSR count). The Bertz CT molecular complexity index is 483. The van der Waals surface area contributed by atoms with Gasteiger partial charge in [0.05, 0.1) is 6.04 Å². The molecule has 0 aliphatic carbocycles. The van der Waals surface area contributed by atoms with E-state index in [1.807, 2.05) is 26.0 Å². The average Bonchev–Trinajstić information content (AvgIpc) is 2.55. The summed E-state index contributed by atoms with van der Waals surface area (Å²) in [5.74, 6) is -0.109. The number of nitrogens with zero attached hydrogens (tertiary/aromatic N) is 2. The summed E-state index contributed by atoms with van der Waals surface area (Å²) in [4.78, 5) is 16.6. The number of anilines is 1. The van der Waals surface area contributed by atoms with Gasteiger partial charge in [-0.3, -0.25) is 9.69 Å². The zero-order chi connectivity index (χ0) is 16.1. The van der Waals surface area contributed by atoms with Gasteiger partial charge in [-0.05, 0) is 44.5 Å². The van der Waals surface area contributed by atoms with Gasteiger partial charge in [0.1, 0.15) is 5.82 Å². The van der Waals surface area contributed by atoms with Crippen LogP contribution in [0, 0.1) is 5.82 Å². The molecule has 1 aliphatic heterocycles. The zero-order valence-corrected chi connectivity index (χ0v) is 13.7. The highest BCUT2D eigenvalue weighted by Gasteiger charge is 2.26. The standard InChI is InChI=1S/C17H26FN3O/c1-4-13(2)19-17(22)14(3)20-9-11-21(12-10-20)16-7-5-15(18)6-8-16/h5-8,13-14H,4,9-12H2,1-3H3,(H,19,22). The van der Waals surface area contributed by atoms with E-state index in [9.17, 15) is 9.18 Å². The molecule has 1 N–H and O–H groups in total. The fourth-order valence-electron chi connectivity index (χ4n) is 2.65. The number of benzene rings is 1. The van der Waals surface area contributed by atoms with E-state index in [-0.39, 0.29) is 23.8 Å². The highest BCUT2D eigenvalue weighted by Crippen LogP contribution is 2.17. The molecule has 1 saturated heterocycles. The topological polar surface area (TPSA) is 35.6 Å². The van der Waals surface area contributed by atoms with Crippen molar-refractivity contribution in [3.05, 3.63) is 30.1 Å². The van der Waals surface area contributed by atoms with Crippen molar-refractivity contribution in [3.8, 4) is 0 Å². The molecule has 0 bridgehead atoms. The third kappa shape index (κ3) is 4.19. The molecule has 5 heteroatoms. The van der Waals surface area contributed by atoms with Crippen LogP contribution in [0.15, 0.2) is 24.3 Å². The Kier molecular flexibility index (Phi) is 5.77. The molecule has 0 radical (unpaired) electrons. The van der Waals surface area contributed by atoms with Crippen LogP contribution in [0.5, 0.6) is 0 Å². The molecule has 0 spiro atoms. The fourth-order valence-corrected chi connectivity index (χ4v) is 2.65. The summed E-state index contributed by atoms with van der Waals surface area (Å²) in [6.07, 6.45) is 0.941. The van der Waals surface area contributed by atoms with Crippen LogP contribution in [0.2, 0.25) is 0 Å². The average molecular weight is 307 g/mol. The minimum atomic E-state index is -0.210. The van der Waals surface area contributed by atoms with Gasteiger partial charge in [-0.1, -0.05) is 6.92 Å². The molecule has 22 heavy (non-hydrogen) atoms. The number of carbonyl (C=O) groups is 1. The summed E-state index contributed by atoms with van der Waals surface area (Å²) in [6, 6.07) is 6.71. The van der Waals surface area contributed by atoms with Crippen molar-refractivity contribution in [1.29, 1.82) is 0 Å². The number of hydrogen-bond acceptors (Lipinski definition) is 3. The van der Waals surface area contributed by atoms with E-state index in [4.69, 9.17) is 0 Å². The van der Waals surface area contributed by atoms with Crippen molar-refractivity contribution in [2.24, 2.45) is 0 Å². The van der Waals surface area contributed by atoms with E-state index < -0.39 is 0 Å². The van der Waals surface area contributed by atoms with Gasteiger partial charge in [0.25, 0.3) is 0 Å². The Morgan fingerprint density at radius 1 is 1.18 bits per heavy atom. The minimum Gasteiger partial charge on any atom is -0.369 e. The number of nitrogens with one attached hydrogen (secondary N) is 1. The molecule has 1 aliphatic rings. The van der Waals surface area contributed by atoms with Crippen LogP contribution in [-0.2, 0) is 4.79 Å². The second-order valence-corrected chi connectivity index (χ2v) is 5.99. The molecule has 0 saturated carbocycles. The van der Waals surface area contributed by atoms with Crippen LogP contribution in [0.4, 0.5) is 10.1 Å². The van der Waals surface area contributed by atoms with Crippen molar-refractivity contribution in [2.45, 2.75) is 39.3 Å². The van der Waals surface area contributed by atoms with E-state index >= 15 is 0 Å². The fraction of sp³-hybridized carbons (Fsp3) is 0.588. The van der Waals surface area contributed by atoms with Gasteiger partial charge in [-0.15, -0.1) is 0 Å². The van der Waals surface area contributed by atoms with Gasteiger partial charge < -0.3 is 10.2 Å². The first-order valence-electron chi connectivity index (χ1n) is 8.06. The lowest BCUT2D eigenvalue weighted by atomic mass is 10.1. The molecular formula is C17H26FN3O. The lowest BCUT2D eigenvalue weighted by Crippen LogP contribution is -2.54. The second kappa shape index (κ2) is 7.58. The van der Waals surface area contributed by atoms with Crippen molar-refractivity contribution in [3.63, 3.8) is 0 Å². The smallest absolute Gasteiger partial charge is 0.237 e. The highest BCUT2D eigenvalue weighted by atomic mass is 19.1. The summed E-state index contributed by atoms with van der Waals surface area (Å²) in [6.45, 7) is 9.44. The van der Waals surface area contributed by atoms with E-state index in [1.54, 1.807) is 0 Å². The molecule has 1 heterocycles. The summed E-state index contributed by atoms with van der Waals surface area (Å²) in [5.41, 5.74) is 1.04. The maximum atomic E-state index is 13.0. The first-order chi connectivity index (χ1) is 10.5. The van der Waals surface area contributed by atoms with Gasteiger partial charge in [-0.25, -0.2) is 4.39 Å². The maximum absolute atomic E-state index is 13.0. The Balaban J connectivity index is 1.86. The predicted octanol–water partition coefficient (Wildman–Crippen LogP) is 2.25. The molecule has 4 nitrogen and oxygen atoms in total. The Morgan fingerprint density at radius 2 is 1.77 bits per heavy atom. The first-order valence-corrected chi connectivity index (χ1v) is 8.06. The van der Waals surface area contributed by atoms with Crippen LogP contribution in [0.3, 0.4) is 0 Å². The number of hydrogen-bond donors (Lipinski definition) is 1. The molecule has 2 atom stereocenters. The first kappa shape index (κ1) is 16.7. The summed E-state index contributed by atoms with van der Waals surface area (Å²) < 4.78 is 13.0. The number of amides is 1. The van der Waals surface area contributed by atoms with E-state index in [0.717, 1.165) is 38.3 Å². The minimum absolute atomic E-state index is 0.101. The van der Waals surface area contributed by atoms with Crippen LogP contribution >= 0.6 is 0 Å². The molecule has 1 aromatic carbocycles. The van der Waals surface area contributed by atoms with Crippen LogP contribution < -0.4 is 10.2 Å². The molecule has 1 fully saturated rings. The summed E-state index contributed by atoms with van der Waals surface area (Å²) in [7, 11) is 0. The largest absolute Gasteiger partial charge is 0.369 e. The summed E-state index contributed by atoms with van der Waals surface area (Å²) >= 11 is 0. The molecule has 1 amide bonds. The summed E-state index contributed by atoms with van der Waals surface area (Å²) in [5, 5.41) is 3.04. The SMILES string of the molecule is CCC(C)NC(=O)C(C)N1CCN(c2ccc(F)cc2)CC1. The Morgan fingerprint density at radius 3 is 2.32 bits per heavy atom. The quantitative estimate of drug-likeness (QED) is 0.906. The van der Waals surface area contributed by atoms with Gasteiger partial charge in [-0.2, -0.15) is 0 Å². The van der Waals surface area contributed by atoms with E-state index in [1.165, 1.54) is 12.1 Å². The van der Waals surface area contributed by atoms with Crippen LogP contribution in [-0.4, -0.2) is 49.1 Å². The molecule has 2 unspecified atom stereocenters. The molecular weight excluding hydrogens is 281 g/mol. The normalized spacial score (nSPS) is 18.8. The van der Waals surface area contributed by atoms with Crippen molar-refractivity contribution < 1.29 is 9.18 Å². The van der Waals surface area contributed by atoms with E-state index in [0.29, 0.717) is 0 Å². The van der Waals surface area contributed by atoms with Crippen molar-refractivity contribution in [1.82, 2.24) is 10.2 Å². The lowest BCUT2D eigenvalue weighted by molar-refractivity contribution is -0.126. The Labute approximate surface area is 132 Å². The van der Waals surface area contributed by atoms with Gasteiger partial charge in [0.2, 0.25) is 5.91 Å². The monoisotopic (exact) mass is 307 g/mol. The van der Waals surface area contributed by atoms with Crippen molar-refractivity contribution in [2.75, 3.05) is 31.1 Å². The number of carbonyl (C=O) groups excluding carboxylic acids is 1. The van der Waals surface area contributed by atoms with Crippen molar-refractivity contribution >= 4 is 11.6 Å².